The molecule has 0 aliphatic rings. The van der Waals surface area contributed by atoms with Gasteiger partial charge >= 0.3 is 12.2 Å². The molecule has 0 radical (unpaired) electrons. The highest BCUT2D eigenvalue weighted by Gasteiger charge is 2.33. The van der Waals surface area contributed by atoms with Crippen molar-refractivity contribution in [3.63, 3.8) is 0 Å². The Balaban J connectivity index is 2.11. The molecule has 1 N–H and O–H groups in total. The van der Waals surface area contributed by atoms with Gasteiger partial charge in [-0.2, -0.15) is 0 Å². The highest BCUT2D eigenvalue weighted by atomic mass is 16.7. The van der Waals surface area contributed by atoms with Crippen LogP contribution in [0.2, 0.25) is 0 Å². The Hall–Kier alpha value is -5.02. The van der Waals surface area contributed by atoms with Gasteiger partial charge in [0.25, 0.3) is 5.69 Å². The molecule has 2 unspecified atom stereocenters. The molecule has 16 heteroatoms. The quantitative estimate of drug-likeness (QED) is 0.178. The van der Waals surface area contributed by atoms with Crippen LogP contribution >= 0.6 is 0 Å². The van der Waals surface area contributed by atoms with Crippen molar-refractivity contribution >= 4 is 23.7 Å². The third-order valence-corrected chi connectivity index (χ3v) is 5.04. The first-order chi connectivity index (χ1) is 17.6. The number of methoxy groups -OCH3 is 2. The largest absolute Gasteiger partial charge is 0.506 e. The van der Waals surface area contributed by atoms with Crippen LogP contribution in [0, 0.1) is 10.1 Å². The molecule has 0 fully saturated rings. The minimum atomic E-state index is -1.66. The molecule has 0 aliphatic carbocycles. The maximum absolute atomic E-state index is 13.5. The van der Waals surface area contributed by atoms with Gasteiger partial charge in [0, 0.05) is 24.9 Å². The summed E-state index contributed by atoms with van der Waals surface area (Å²) in [7, 11) is 2.55. The summed E-state index contributed by atoms with van der Waals surface area (Å²) in [6, 6.07) is 2.11. The van der Waals surface area contributed by atoms with Crippen LogP contribution in [-0.2, 0) is 9.47 Å². The Morgan fingerprint density at radius 3 is 2.35 bits per heavy atom. The van der Waals surface area contributed by atoms with E-state index in [0.29, 0.717) is 0 Å². The summed E-state index contributed by atoms with van der Waals surface area (Å²) in [5, 5.41) is 29.0. The first-order valence-corrected chi connectivity index (χ1v) is 10.6. The van der Waals surface area contributed by atoms with E-state index in [1.165, 1.54) is 39.9 Å². The van der Waals surface area contributed by atoms with Crippen molar-refractivity contribution in [1.29, 1.82) is 0 Å². The lowest BCUT2D eigenvalue weighted by Gasteiger charge is -2.15. The van der Waals surface area contributed by atoms with Crippen molar-refractivity contribution in [2.24, 2.45) is 0 Å². The molecule has 0 aliphatic heterocycles. The number of benzene rings is 1. The summed E-state index contributed by atoms with van der Waals surface area (Å²) in [4.78, 5) is 52.7. The summed E-state index contributed by atoms with van der Waals surface area (Å²) in [6.45, 7) is 2.94. The van der Waals surface area contributed by atoms with Gasteiger partial charge in [-0.25, -0.2) is 19.1 Å². The average Bonchev–Trinajstić information content (AvgIpc) is 3.56. The third kappa shape index (κ3) is 5.63. The van der Waals surface area contributed by atoms with Gasteiger partial charge in [-0.15, -0.1) is 15.0 Å². The SMILES string of the molecule is CCC(OC(=O)n1ccnc1)n1nc(C(=O)c2cc(OC)c(OC)cc2[N+](=O)[O-])c(C(C)OC(=O)O)n1. The number of carbonyl (C=O) groups excluding carboxylic acids is 2. The second-order valence-electron chi connectivity index (χ2n) is 7.31. The number of hydrogen-bond donors (Lipinski definition) is 1. The Morgan fingerprint density at radius 1 is 1.14 bits per heavy atom. The maximum Gasteiger partial charge on any atom is 0.506 e. The van der Waals surface area contributed by atoms with Crippen molar-refractivity contribution in [1.82, 2.24) is 24.5 Å². The highest BCUT2D eigenvalue weighted by molar-refractivity contribution is 6.11. The molecule has 0 bridgehead atoms. The smallest absolute Gasteiger partial charge is 0.493 e. The molecule has 196 valence electrons. The molecule has 0 spiro atoms. The number of hydrogen-bond acceptors (Lipinski definition) is 12. The topological polar surface area (TPSA) is 200 Å². The van der Waals surface area contributed by atoms with E-state index in [-0.39, 0.29) is 23.6 Å². The number of nitrogens with zero attached hydrogens (tertiary/aromatic N) is 6. The average molecular weight is 518 g/mol. The van der Waals surface area contributed by atoms with Gasteiger partial charge in [-0.1, -0.05) is 6.92 Å². The van der Waals surface area contributed by atoms with Crippen molar-refractivity contribution in [3.8, 4) is 11.5 Å². The molecule has 37 heavy (non-hydrogen) atoms. The molecule has 0 saturated heterocycles. The molecule has 0 amide bonds. The summed E-state index contributed by atoms with van der Waals surface area (Å²) in [5.41, 5.74) is -1.76. The van der Waals surface area contributed by atoms with Crippen LogP contribution in [0.4, 0.5) is 15.3 Å². The minimum absolute atomic E-state index is 0.00895. The van der Waals surface area contributed by atoms with E-state index >= 15 is 0 Å². The number of ketones is 1. The summed E-state index contributed by atoms with van der Waals surface area (Å²) < 4.78 is 21.4. The normalized spacial score (nSPS) is 12.3. The van der Waals surface area contributed by atoms with Crippen LogP contribution in [0.5, 0.6) is 11.5 Å². The predicted octanol–water partition coefficient (Wildman–Crippen LogP) is 2.98. The molecule has 2 heterocycles. The van der Waals surface area contributed by atoms with Gasteiger partial charge in [0.1, 0.15) is 23.7 Å². The van der Waals surface area contributed by atoms with Crippen molar-refractivity contribution < 1.29 is 43.4 Å². The second kappa shape index (κ2) is 11.1. The number of carbonyl (C=O) groups is 3. The minimum Gasteiger partial charge on any atom is -0.493 e. The van der Waals surface area contributed by atoms with Crippen molar-refractivity contribution in [2.45, 2.75) is 32.6 Å². The van der Waals surface area contributed by atoms with E-state index in [1.54, 1.807) is 6.92 Å². The first-order valence-electron chi connectivity index (χ1n) is 10.6. The molecular formula is C21H22N6O10. The summed E-state index contributed by atoms with van der Waals surface area (Å²) in [6.07, 6.45) is -0.844. The molecular weight excluding hydrogens is 496 g/mol. The monoisotopic (exact) mass is 518 g/mol. The zero-order chi connectivity index (χ0) is 27.3. The van der Waals surface area contributed by atoms with Crippen LogP contribution in [0.3, 0.4) is 0 Å². The third-order valence-electron chi connectivity index (χ3n) is 5.04. The van der Waals surface area contributed by atoms with Gasteiger partial charge in [-0.05, 0) is 6.92 Å². The Morgan fingerprint density at radius 2 is 1.81 bits per heavy atom. The maximum atomic E-state index is 13.5. The number of carboxylic acid groups (broad SMARTS) is 1. The Bertz CT molecular complexity index is 1320. The van der Waals surface area contributed by atoms with Crippen LogP contribution in [0.25, 0.3) is 0 Å². The lowest BCUT2D eigenvalue weighted by molar-refractivity contribution is -0.385. The van der Waals surface area contributed by atoms with Crippen LogP contribution in [0.15, 0.2) is 30.9 Å². The molecule has 3 aromatic rings. The Kier molecular flexibility index (Phi) is 8.01. The van der Waals surface area contributed by atoms with Crippen LogP contribution in [-0.4, -0.2) is 66.8 Å². The predicted molar refractivity (Wildman–Crippen MR) is 121 cm³/mol. The van der Waals surface area contributed by atoms with Gasteiger partial charge in [-0.3, -0.25) is 14.9 Å². The van der Waals surface area contributed by atoms with E-state index in [4.69, 9.17) is 24.1 Å². The van der Waals surface area contributed by atoms with Crippen molar-refractivity contribution in [2.75, 3.05) is 14.2 Å². The van der Waals surface area contributed by atoms with Gasteiger partial charge in [0.05, 0.1) is 25.2 Å². The molecule has 2 aromatic heterocycles. The fourth-order valence-corrected chi connectivity index (χ4v) is 3.27. The lowest BCUT2D eigenvalue weighted by atomic mass is 10.0. The van der Waals surface area contributed by atoms with Gasteiger partial charge in [0.2, 0.25) is 12.0 Å². The highest BCUT2D eigenvalue weighted by Crippen LogP contribution is 2.36. The van der Waals surface area contributed by atoms with Crippen LogP contribution < -0.4 is 9.47 Å². The van der Waals surface area contributed by atoms with E-state index < -0.39 is 52.2 Å². The number of ether oxygens (including phenoxy) is 4. The molecule has 2 atom stereocenters. The number of aromatic nitrogens is 5. The summed E-state index contributed by atoms with van der Waals surface area (Å²) >= 11 is 0. The zero-order valence-corrected chi connectivity index (χ0v) is 20.1. The Labute approximate surface area is 208 Å². The number of nitro benzene ring substituents is 1. The molecule has 1 aromatic carbocycles. The fraction of sp³-hybridized carbons (Fsp3) is 0.333. The summed E-state index contributed by atoms with van der Waals surface area (Å²) in [5.74, 6) is -0.943. The number of nitro groups is 1. The van der Waals surface area contributed by atoms with E-state index in [9.17, 15) is 24.5 Å². The number of imidazole rings is 1. The first kappa shape index (κ1) is 26.6. The number of rotatable bonds is 10. The van der Waals surface area contributed by atoms with Crippen LogP contribution in [0.1, 0.15) is 54.3 Å². The lowest BCUT2D eigenvalue weighted by Crippen LogP contribution is -2.22. The molecule has 0 saturated carbocycles. The van der Waals surface area contributed by atoms with E-state index in [0.717, 1.165) is 21.5 Å². The van der Waals surface area contributed by atoms with Crippen molar-refractivity contribution in [3.05, 3.63) is 57.9 Å². The molecule has 3 rings (SSSR count). The zero-order valence-electron chi connectivity index (χ0n) is 20.1. The van der Waals surface area contributed by atoms with E-state index in [1.807, 2.05) is 0 Å². The van der Waals surface area contributed by atoms with Gasteiger partial charge in [0.15, 0.2) is 17.2 Å². The second-order valence-corrected chi connectivity index (χ2v) is 7.31. The van der Waals surface area contributed by atoms with Gasteiger partial charge < -0.3 is 24.1 Å². The molecule has 16 nitrogen and oxygen atoms in total. The standard InChI is InChI=1S/C21H22N6O10/c1-5-16(37-20(29)25-7-6-22-10-25)26-23-17(11(2)36-21(30)31)18(24-26)19(28)12-8-14(34-3)15(35-4)9-13(12)27(32)33/h6-11,16H,5H2,1-4H3,(H,30,31). The fourth-order valence-electron chi connectivity index (χ4n) is 3.27. The van der Waals surface area contributed by atoms with E-state index in [2.05, 4.69) is 15.2 Å².